The van der Waals surface area contributed by atoms with Crippen LogP contribution in [0.1, 0.15) is 30.6 Å². The molecule has 0 aliphatic heterocycles. The molecule has 3 rings (SSSR count). The fourth-order valence-corrected chi connectivity index (χ4v) is 2.91. The summed E-state index contributed by atoms with van der Waals surface area (Å²) in [6.07, 6.45) is 1.98. The molecule has 0 radical (unpaired) electrons. The molecule has 114 valence electrons. The van der Waals surface area contributed by atoms with Gasteiger partial charge in [-0.05, 0) is 25.5 Å². The summed E-state index contributed by atoms with van der Waals surface area (Å²) in [5.74, 6) is 3.14. The fraction of sp³-hybridized carbons (Fsp3) is 0.312. The Kier molecular flexibility index (Phi) is 4.58. The first-order valence-electron chi connectivity index (χ1n) is 7.32. The molecule has 0 bridgehead atoms. The van der Waals surface area contributed by atoms with Crippen LogP contribution in [-0.4, -0.2) is 20.2 Å². The van der Waals surface area contributed by atoms with Crippen LogP contribution in [0.4, 0.5) is 0 Å². The average Bonchev–Trinajstić information content (AvgIpc) is 3.13. The minimum Gasteiger partial charge on any atom is -0.441 e. The molecule has 2 heterocycles. The largest absolute Gasteiger partial charge is 0.441 e. The van der Waals surface area contributed by atoms with Gasteiger partial charge in [-0.25, -0.2) is 9.97 Å². The standard InChI is InChI=1S/C16H18N4OS/c1-3-7-14-18-16(20-19-14)22-10-13-11(2)21-15(17-13)12-8-5-4-6-9-12/h4-6,8-9H,3,7,10H2,1-2H3,(H,18,19,20). The Morgan fingerprint density at radius 1 is 1.18 bits per heavy atom. The summed E-state index contributed by atoms with van der Waals surface area (Å²) in [7, 11) is 0. The van der Waals surface area contributed by atoms with Crippen LogP contribution in [0.15, 0.2) is 39.9 Å². The summed E-state index contributed by atoms with van der Waals surface area (Å²) in [4.78, 5) is 9.03. The van der Waals surface area contributed by atoms with Crippen molar-refractivity contribution >= 4 is 11.8 Å². The number of benzene rings is 1. The molecular weight excluding hydrogens is 296 g/mol. The average molecular weight is 314 g/mol. The normalized spacial score (nSPS) is 11.0. The third kappa shape index (κ3) is 3.39. The first kappa shape index (κ1) is 14.8. The monoisotopic (exact) mass is 314 g/mol. The van der Waals surface area contributed by atoms with Crippen molar-refractivity contribution in [3.05, 3.63) is 47.6 Å². The van der Waals surface area contributed by atoms with Crippen LogP contribution in [0.3, 0.4) is 0 Å². The van der Waals surface area contributed by atoms with Crippen molar-refractivity contribution in [2.45, 2.75) is 37.6 Å². The zero-order valence-electron chi connectivity index (χ0n) is 12.7. The number of rotatable bonds is 6. The highest BCUT2D eigenvalue weighted by molar-refractivity contribution is 7.98. The lowest BCUT2D eigenvalue weighted by Crippen LogP contribution is -1.86. The van der Waals surface area contributed by atoms with E-state index in [1.54, 1.807) is 11.8 Å². The molecule has 0 spiro atoms. The van der Waals surface area contributed by atoms with Gasteiger partial charge in [-0.2, -0.15) is 0 Å². The molecule has 22 heavy (non-hydrogen) atoms. The third-order valence-corrected chi connectivity index (χ3v) is 4.11. The van der Waals surface area contributed by atoms with Gasteiger partial charge in [-0.15, -0.1) is 5.10 Å². The van der Waals surface area contributed by atoms with Crippen LogP contribution in [0.2, 0.25) is 0 Å². The molecule has 0 fully saturated rings. The molecule has 0 atom stereocenters. The predicted molar refractivity (Wildman–Crippen MR) is 86.6 cm³/mol. The maximum atomic E-state index is 5.76. The van der Waals surface area contributed by atoms with Crippen molar-refractivity contribution in [1.82, 2.24) is 20.2 Å². The van der Waals surface area contributed by atoms with Crippen molar-refractivity contribution in [2.24, 2.45) is 0 Å². The molecule has 0 unspecified atom stereocenters. The minimum absolute atomic E-state index is 0.662. The number of aryl methyl sites for hydroxylation is 2. The van der Waals surface area contributed by atoms with Gasteiger partial charge in [0.2, 0.25) is 11.0 Å². The van der Waals surface area contributed by atoms with Crippen LogP contribution in [0.5, 0.6) is 0 Å². The second-order valence-corrected chi connectivity index (χ2v) is 5.93. The van der Waals surface area contributed by atoms with Gasteiger partial charge in [0, 0.05) is 17.7 Å². The number of H-pyrrole nitrogens is 1. The van der Waals surface area contributed by atoms with E-state index in [9.17, 15) is 0 Å². The lowest BCUT2D eigenvalue weighted by molar-refractivity contribution is 0.540. The summed E-state index contributed by atoms with van der Waals surface area (Å²) < 4.78 is 5.76. The molecule has 3 aromatic rings. The number of hydrogen-bond donors (Lipinski definition) is 1. The summed E-state index contributed by atoms with van der Waals surface area (Å²) >= 11 is 1.57. The highest BCUT2D eigenvalue weighted by Gasteiger charge is 2.12. The van der Waals surface area contributed by atoms with Crippen molar-refractivity contribution in [3.63, 3.8) is 0 Å². The molecule has 0 saturated carbocycles. The topological polar surface area (TPSA) is 67.6 Å². The molecule has 0 aliphatic rings. The number of aromatic amines is 1. The van der Waals surface area contributed by atoms with Crippen molar-refractivity contribution in [2.75, 3.05) is 0 Å². The van der Waals surface area contributed by atoms with Crippen molar-refractivity contribution < 1.29 is 4.42 Å². The first-order valence-corrected chi connectivity index (χ1v) is 8.30. The SMILES string of the molecule is CCCc1nc(SCc2nc(-c3ccccc3)oc2C)n[nH]1. The number of thioether (sulfide) groups is 1. The molecule has 0 amide bonds. The zero-order valence-corrected chi connectivity index (χ0v) is 13.5. The van der Waals surface area contributed by atoms with Gasteiger partial charge in [0.05, 0.1) is 5.69 Å². The summed E-state index contributed by atoms with van der Waals surface area (Å²) in [6.45, 7) is 4.06. The van der Waals surface area contributed by atoms with Crippen LogP contribution in [-0.2, 0) is 12.2 Å². The fourth-order valence-electron chi connectivity index (χ4n) is 2.09. The van der Waals surface area contributed by atoms with Gasteiger partial charge in [-0.3, -0.25) is 5.10 Å². The maximum absolute atomic E-state index is 5.76. The molecule has 1 aromatic carbocycles. The Balaban J connectivity index is 1.69. The number of nitrogens with zero attached hydrogens (tertiary/aromatic N) is 3. The van der Waals surface area contributed by atoms with Crippen molar-refractivity contribution in [3.8, 4) is 11.5 Å². The second-order valence-electron chi connectivity index (χ2n) is 4.99. The number of nitrogens with one attached hydrogen (secondary N) is 1. The molecular formula is C16H18N4OS. The Labute approximate surface area is 133 Å². The van der Waals surface area contributed by atoms with Gasteiger partial charge in [0.1, 0.15) is 11.6 Å². The Morgan fingerprint density at radius 2 is 2.00 bits per heavy atom. The number of oxazole rings is 1. The maximum Gasteiger partial charge on any atom is 0.226 e. The van der Waals surface area contributed by atoms with Gasteiger partial charge in [0.15, 0.2) is 0 Å². The molecule has 0 saturated heterocycles. The van der Waals surface area contributed by atoms with Crippen LogP contribution >= 0.6 is 11.8 Å². The summed E-state index contributed by atoms with van der Waals surface area (Å²) in [5, 5.41) is 7.93. The lowest BCUT2D eigenvalue weighted by Gasteiger charge is -1.93. The van der Waals surface area contributed by atoms with E-state index in [0.717, 1.165) is 40.8 Å². The van der Waals surface area contributed by atoms with Gasteiger partial charge in [0.25, 0.3) is 0 Å². The van der Waals surface area contributed by atoms with Crippen LogP contribution in [0, 0.1) is 6.92 Å². The first-order chi connectivity index (χ1) is 10.8. The molecule has 2 aromatic heterocycles. The van der Waals surface area contributed by atoms with E-state index in [2.05, 4.69) is 27.1 Å². The van der Waals surface area contributed by atoms with Crippen molar-refractivity contribution in [1.29, 1.82) is 0 Å². The smallest absolute Gasteiger partial charge is 0.226 e. The van der Waals surface area contributed by atoms with Gasteiger partial charge < -0.3 is 4.42 Å². The molecule has 1 N–H and O–H groups in total. The molecule has 5 nitrogen and oxygen atoms in total. The van der Waals surface area contributed by atoms with Crippen LogP contribution < -0.4 is 0 Å². The Bertz CT molecular complexity index is 736. The summed E-state index contributed by atoms with van der Waals surface area (Å²) in [5.41, 5.74) is 1.93. The second kappa shape index (κ2) is 6.79. The van der Waals surface area contributed by atoms with E-state index in [4.69, 9.17) is 4.42 Å². The highest BCUT2D eigenvalue weighted by Crippen LogP contribution is 2.26. The lowest BCUT2D eigenvalue weighted by atomic mass is 10.2. The number of aromatic nitrogens is 4. The van der Waals surface area contributed by atoms with Crippen LogP contribution in [0.25, 0.3) is 11.5 Å². The van der Waals surface area contributed by atoms with E-state index in [-0.39, 0.29) is 0 Å². The van der Waals surface area contributed by atoms with E-state index in [0.29, 0.717) is 11.6 Å². The van der Waals surface area contributed by atoms with E-state index in [1.165, 1.54) is 0 Å². The third-order valence-electron chi connectivity index (χ3n) is 3.25. The molecule has 0 aliphatic carbocycles. The van der Waals surface area contributed by atoms with Gasteiger partial charge >= 0.3 is 0 Å². The summed E-state index contributed by atoms with van der Waals surface area (Å²) in [6, 6.07) is 9.93. The quantitative estimate of drug-likeness (QED) is 0.696. The van der Waals surface area contributed by atoms with E-state index in [1.807, 2.05) is 37.3 Å². The minimum atomic E-state index is 0.662. The van der Waals surface area contributed by atoms with E-state index >= 15 is 0 Å². The highest BCUT2D eigenvalue weighted by atomic mass is 32.2. The zero-order chi connectivity index (χ0) is 15.4. The Hall–Kier alpha value is -2.08. The van der Waals surface area contributed by atoms with E-state index < -0.39 is 0 Å². The molecule has 6 heteroatoms. The Morgan fingerprint density at radius 3 is 2.77 bits per heavy atom. The van der Waals surface area contributed by atoms with Gasteiger partial charge in [-0.1, -0.05) is 36.9 Å². The predicted octanol–water partition coefficient (Wildman–Crippen LogP) is 4.01. The number of hydrogen-bond acceptors (Lipinski definition) is 5.